The third-order valence-electron chi connectivity index (χ3n) is 12.6. The van der Waals surface area contributed by atoms with Crippen LogP contribution >= 0.6 is 0 Å². The molecule has 4 bridgehead atoms. The largest absolute Gasteiger partial charge is 0.459 e. The molecule has 15 atom stereocenters. The molecule has 0 spiro atoms. The van der Waals surface area contributed by atoms with Crippen LogP contribution in [0.4, 0.5) is 4.39 Å². The van der Waals surface area contributed by atoms with Crippen molar-refractivity contribution in [2.45, 2.75) is 141 Å². The van der Waals surface area contributed by atoms with E-state index in [0.717, 1.165) is 0 Å². The van der Waals surface area contributed by atoms with Crippen molar-refractivity contribution in [1.82, 2.24) is 19.7 Å². The van der Waals surface area contributed by atoms with Gasteiger partial charge in [-0.05, 0) is 91.1 Å². The molecule has 6 heterocycles. The van der Waals surface area contributed by atoms with Crippen molar-refractivity contribution in [3.63, 3.8) is 0 Å². The monoisotopic (exact) mass is 772 g/mol. The number of Topliss-reactive ketones (excluding diaryl/α,β-unsaturated/α-hetero) is 1. The molecule has 13 nitrogen and oxygen atoms in total. The first kappa shape index (κ1) is 41.8. The number of ether oxygens (including phenoxy) is 6. The Kier molecular flexibility index (Phi) is 12.6. The average molecular weight is 773 g/mol. The maximum absolute atomic E-state index is 15.4. The van der Waals surface area contributed by atoms with Crippen LogP contribution < -0.4 is 0 Å². The van der Waals surface area contributed by atoms with Crippen molar-refractivity contribution in [3.8, 4) is 5.82 Å². The van der Waals surface area contributed by atoms with Crippen LogP contribution in [0.2, 0.25) is 0 Å². The zero-order valence-corrected chi connectivity index (χ0v) is 34.0. The highest BCUT2D eigenvalue weighted by atomic mass is 19.1. The van der Waals surface area contributed by atoms with Crippen molar-refractivity contribution in [1.29, 1.82) is 0 Å². The molecule has 4 aliphatic heterocycles. The second-order valence-corrected chi connectivity index (χ2v) is 17.2. The van der Waals surface area contributed by atoms with Crippen LogP contribution in [0.25, 0.3) is 5.82 Å². The summed E-state index contributed by atoms with van der Waals surface area (Å²) in [5, 5.41) is 15.8. The van der Waals surface area contributed by atoms with Crippen molar-refractivity contribution in [3.05, 3.63) is 42.1 Å². The maximum atomic E-state index is 15.4. The molecule has 14 heteroatoms. The van der Waals surface area contributed by atoms with Gasteiger partial charge in [0.15, 0.2) is 29.3 Å². The third-order valence-corrected chi connectivity index (χ3v) is 12.6. The van der Waals surface area contributed by atoms with Crippen molar-refractivity contribution in [2.75, 3.05) is 27.3 Å². The first-order valence-corrected chi connectivity index (χ1v) is 19.9. The van der Waals surface area contributed by atoms with Gasteiger partial charge in [0.1, 0.15) is 12.2 Å². The lowest BCUT2D eigenvalue weighted by Gasteiger charge is -2.48. The zero-order chi connectivity index (χ0) is 40.0. The highest BCUT2D eigenvalue weighted by molar-refractivity contribution is 5.92. The highest BCUT2D eigenvalue weighted by Crippen LogP contribution is 2.45. The number of hydrogen-bond donors (Lipinski definition) is 1. The number of aliphatic hydroxyl groups is 1. The number of carbonyl (C=O) groups is 2. The molecule has 1 N–H and O–H groups in total. The molecule has 55 heavy (non-hydrogen) atoms. The number of nitrogens with zero attached hydrogens (tertiary/aromatic N) is 4. The number of aromatic nitrogens is 3. The Morgan fingerprint density at radius 1 is 1.09 bits per heavy atom. The normalized spacial score (nSPS) is 41.8. The number of carbonyl (C=O) groups excluding carboxylic acids is 2. The first-order chi connectivity index (χ1) is 26.0. The Labute approximate surface area is 324 Å². The van der Waals surface area contributed by atoms with E-state index in [2.05, 4.69) is 17.0 Å². The minimum atomic E-state index is -1.32. The molecule has 4 aliphatic rings. The van der Waals surface area contributed by atoms with Crippen molar-refractivity contribution in [2.24, 2.45) is 29.6 Å². The standard InChI is InChI=1S/C41H61FN4O9/c1-11-31-41(8)35(48)24(4)33(55-41)22(2)18-40(7)36(54-39-32(47)30(45(9)10)15-23(3)52-39)25(5)34(26(6)38(49)53-31)50-20-28(21-51-40)16-27-17-29(42)37(43-19-27)46-14-12-13-44-46/h12-14,17,19,22-26,28,30-34,36,39,47H,11,15-16,18,20-21H2,1-10H3/t22-,23-,24?,25-,26-,28?,30+,31-,32-,33?,34+,36-,39+,40-,41?/m1/s1. The van der Waals surface area contributed by atoms with Crippen LogP contribution in [0.1, 0.15) is 80.2 Å². The fraction of sp³-hybridized carbons (Fsp3) is 0.756. The van der Waals surface area contributed by atoms with Gasteiger partial charge in [-0.15, -0.1) is 0 Å². The summed E-state index contributed by atoms with van der Waals surface area (Å²) in [7, 11) is 3.85. The van der Waals surface area contributed by atoms with E-state index in [4.69, 9.17) is 28.4 Å². The lowest BCUT2D eigenvalue weighted by Crippen LogP contribution is -2.59. The smallest absolute Gasteiger partial charge is 0.311 e. The molecule has 0 aliphatic carbocycles. The maximum Gasteiger partial charge on any atom is 0.311 e. The molecule has 2 aromatic rings. The quantitative estimate of drug-likeness (QED) is 0.395. The Morgan fingerprint density at radius 3 is 2.49 bits per heavy atom. The minimum Gasteiger partial charge on any atom is -0.459 e. The van der Waals surface area contributed by atoms with Crippen LogP contribution in [0.15, 0.2) is 30.7 Å². The number of fused-ring (bicyclic) bond motifs is 5. The minimum absolute atomic E-state index is 0.0983. The van der Waals surface area contributed by atoms with Gasteiger partial charge in [0.05, 0.1) is 49.1 Å². The molecular formula is C41H61FN4O9. The molecule has 4 saturated heterocycles. The van der Waals surface area contributed by atoms with Gasteiger partial charge in [0.25, 0.3) is 0 Å². The van der Waals surface area contributed by atoms with E-state index in [1.165, 1.54) is 10.7 Å². The van der Waals surface area contributed by atoms with Gasteiger partial charge in [0, 0.05) is 42.4 Å². The summed E-state index contributed by atoms with van der Waals surface area (Å²) in [4.78, 5) is 34.6. The molecular weight excluding hydrogens is 711 g/mol. The molecule has 0 aromatic carbocycles. The molecule has 306 valence electrons. The zero-order valence-electron chi connectivity index (χ0n) is 34.0. The number of ketones is 1. The Bertz CT molecular complexity index is 1650. The first-order valence-electron chi connectivity index (χ1n) is 19.9. The van der Waals surface area contributed by atoms with Gasteiger partial charge in [-0.1, -0.05) is 27.7 Å². The predicted molar refractivity (Wildman–Crippen MR) is 200 cm³/mol. The lowest BCUT2D eigenvalue weighted by molar-refractivity contribution is -0.303. The summed E-state index contributed by atoms with van der Waals surface area (Å²) >= 11 is 0. The molecule has 2 aromatic heterocycles. The van der Waals surface area contributed by atoms with Crippen LogP contribution in [-0.4, -0.2) is 124 Å². The van der Waals surface area contributed by atoms with Crippen LogP contribution in [-0.2, 0) is 44.4 Å². The van der Waals surface area contributed by atoms with Crippen molar-refractivity contribution < 1.29 is 47.5 Å². The molecule has 0 saturated carbocycles. The topological polar surface area (TPSA) is 144 Å². The second-order valence-electron chi connectivity index (χ2n) is 17.2. The Morgan fingerprint density at radius 2 is 1.84 bits per heavy atom. The number of aliphatic hydroxyl groups excluding tert-OH is 1. The van der Waals surface area contributed by atoms with Gasteiger partial charge in [-0.2, -0.15) is 5.10 Å². The highest BCUT2D eigenvalue weighted by Gasteiger charge is 2.58. The predicted octanol–water partition coefficient (Wildman–Crippen LogP) is 4.55. The fourth-order valence-electron chi connectivity index (χ4n) is 9.61. The molecule has 0 radical (unpaired) electrons. The number of esters is 1. The number of likely N-dealkylation sites (N-methyl/N-ethyl adjacent to an activating group) is 1. The van der Waals surface area contributed by atoms with E-state index in [-0.39, 0.29) is 48.8 Å². The van der Waals surface area contributed by atoms with E-state index in [0.29, 0.717) is 31.2 Å². The number of pyridine rings is 1. The van der Waals surface area contributed by atoms with Gasteiger partial charge in [-0.25, -0.2) is 14.1 Å². The Balaban J connectivity index is 1.41. The molecule has 0 amide bonds. The second kappa shape index (κ2) is 16.6. The van der Waals surface area contributed by atoms with Crippen molar-refractivity contribution >= 4 is 11.8 Å². The summed E-state index contributed by atoms with van der Waals surface area (Å²) in [6, 6.07) is 2.94. The number of rotatable bonds is 7. The number of hydrogen-bond acceptors (Lipinski definition) is 12. The number of cyclic esters (lactones) is 1. The SMILES string of the molecule is CC[C@H]1OC(=O)[C@H](C)[C@H]2OCC(Cc3cnc(-n4cccn4)c(F)c3)CO[C@](C)(C[C@@H](C)C3OC1(C)C(=O)C3C)[C@H](O[C@@H]1O[C@H](C)C[C@H](N(C)C)[C@H]1O)[C@@H]2C. The summed E-state index contributed by atoms with van der Waals surface area (Å²) in [6.07, 6.45) is 1.63. The van der Waals surface area contributed by atoms with Crippen LogP contribution in [0, 0.1) is 35.4 Å². The summed E-state index contributed by atoms with van der Waals surface area (Å²) < 4.78 is 56.8. The van der Waals surface area contributed by atoms with Gasteiger partial charge < -0.3 is 38.4 Å². The summed E-state index contributed by atoms with van der Waals surface area (Å²) in [5.74, 6) is -3.27. The summed E-state index contributed by atoms with van der Waals surface area (Å²) in [5.41, 5.74) is -1.74. The van der Waals surface area contributed by atoms with E-state index in [1.807, 2.05) is 53.6 Å². The fourth-order valence-corrected chi connectivity index (χ4v) is 9.61. The van der Waals surface area contributed by atoms with Crippen LogP contribution in [0.3, 0.4) is 0 Å². The van der Waals surface area contributed by atoms with Gasteiger partial charge in [-0.3, -0.25) is 9.59 Å². The Hall–Kier alpha value is -2.85. The number of halogens is 1. The van der Waals surface area contributed by atoms with E-state index < -0.39 is 77.6 Å². The van der Waals surface area contributed by atoms with E-state index >= 15 is 4.39 Å². The molecule has 6 rings (SSSR count). The van der Waals surface area contributed by atoms with Gasteiger partial charge >= 0.3 is 5.97 Å². The van der Waals surface area contributed by atoms with Gasteiger partial charge in [0.2, 0.25) is 0 Å². The van der Waals surface area contributed by atoms with Crippen LogP contribution in [0.5, 0.6) is 0 Å². The molecule has 4 unspecified atom stereocenters. The third kappa shape index (κ3) is 8.28. The lowest BCUT2D eigenvalue weighted by atomic mass is 9.75. The summed E-state index contributed by atoms with van der Waals surface area (Å²) in [6.45, 7) is 15.6. The van der Waals surface area contributed by atoms with E-state index in [9.17, 15) is 14.7 Å². The molecule has 4 fully saturated rings. The van der Waals surface area contributed by atoms with E-state index in [1.54, 1.807) is 38.5 Å². The average Bonchev–Trinajstić information content (AvgIpc) is 3.76.